The molecule has 1 rings (SSSR count). The Morgan fingerprint density at radius 2 is 1.20 bits per heavy atom. The van der Waals surface area contributed by atoms with Gasteiger partial charge in [0.25, 0.3) is 0 Å². The predicted molar refractivity (Wildman–Crippen MR) is 117 cm³/mol. The zero-order chi connectivity index (χ0) is 18.5. The minimum Gasteiger partial charge on any atom is -0.504 e. The van der Waals surface area contributed by atoms with E-state index in [1.165, 1.54) is 88.2 Å². The zero-order valence-corrected chi connectivity index (χ0v) is 18.4. The molecule has 3 heteroatoms. The van der Waals surface area contributed by atoms with E-state index in [1.807, 2.05) is 0 Å². The highest BCUT2D eigenvalue weighted by Crippen LogP contribution is 2.36. The Morgan fingerprint density at radius 1 is 0.720 bits per heavy atom. The lowest BCUT2D eigenvalue weighted by molar-refractivity contribution is 0.399. The first-order valence-electron chi connectivity index (χ1n) is 10.3. The maximum Gasteiger partial charge on any atom is 0.171 e. The van der Waals surface area contributed by atoms with Gasteiger partial charge in [-0.05, 0) is 65.5 Å². The third-order valence-electron chi connectivity index (χ3n) is 4.99. The molecule has 2 N–H and O–H groups in total. The molecule has 0 unspecified atom stereocenters. The molecule has 1 aromatic rings. The van der Waals surface area contributed by atoms with E-state index in [-0.39, 0.29) is 11.5 Å². The van der Waals surface area contributed by atoms with Crippen LogP contribution < -0.4 is 0 Å². The lowest BCUT2D eigenvalue weighted by atomic mass is 9.95. The van der Waals surface area contributed by atoms with Crippen LogP contribution >= 0.6 is 22.6 Å². The number of benzene rings is 1. The summed E-state index contributed by atoms with van der Waals surface area (Å²) >= 11 is 2.20. The highest BCUT2D eigenvalue weighted by atomic mass is 127. The predicted octanol–water partition coefficient (Wildman–Crippen LogP) is 7.51. The van der Waals surface area contributed by atoms with Crippen molar-refractivity contribution in [2.75, 3.05) is 0 Å². The lowest BCUT2D eigenvalue weighted by Gasteiger charge is -2.15. The van der Waals surface area contributed by atoms with Crippen LogP contribution in [0.4, 0.5) is 0 Å². The molecule has 0 aliphatic heterocycles. The number of rotatable bonds is 14. The number of phenolic OH excluding ortho intramolecular Hbond substituents is 2. The van der Waals surface area contributed by atoms with Crippen LogP contribution in [0.5, 0.6) is 11.5 Å². The summed E-state index contributed by atoms with van der Waals surface area (Å²) in [6.45, 7) is 4.49. The van der Waals surface area contributed by atoms with Crippen molar-refractivity contribution in [2.24, 2.45) is 0 Å². The van der Waals surface area contributed by atoms with Crippen LogP contribution in [0.3, 0.4) is 0 Å². The van der Waals surface area contributed by atoms with Gasteiger partial charge in [0, 0.05) is 0 Å². The Bertz CT molecular complexity index is 485. The van der Waals surface area contributed by atoms with Gasteiger partial charge in [-0.1, -0.05) is 78.1 Å². The number of aromatic hydroxyl groups is 2. The zero-order valence-electron chi connectivity index (χ0n) is 16.2. The lowest BCUT2D eigenvalue weighted by Crippen LogP contribution is -2.00. The Labute approximate surface area is 168 Å². The van der Waals surface area contributed by atoms with E-state index >= 15 is 0 Å². The molecule has 0 atom stereocenters. The van der Waals surface area contributed by atoms with Gasteiger partial charge in [0.2, 0.25) is 0 Å². The molecule has 144 valence electrons. The van der Waals surface area contributed by atoms with Crippen LogP contribution in [-0.4, -0.2) is 10.2 Å². The summed E-state index contributed by atoms with van der Waals surface area (Å²) < 4.78 is 0.854. The molecule has 1 aromatic carbocycles. The van der Waals surface area contributed by atoms with Crippen molar-refractivity contribution in [3.8, 4) is 11.5 Å². The third-order valence-corrected chi connectivity index (χ3v) is 6.16. The number of halogens is 1. The second-order valence-electron chi connectivity index (χ2n) is 7.23. The van der Waals surface area contributed by atoms with Gasteiger partial charge in [0.1, 0.15) is 0 Å². The number of unbranched alkanes of at least 4 members (excludes halogenated alkanes) is 10. The van der Waals surface area contributed by atoms with Crippen LogP contribution in [-0.2, 0) is 12.8 Å². The summed E-state index contributed by atoms with van der Waals surface area (Å²) in [7, 11) is 0. The topological polar surface area (TPSA) is 40.5 Å². The average molecular weight is 460 g/mol. The molecule has 0 bridgehead atoms. The third kappa shape index (κ3) is 8.65. The summed E-state index contributed by atoms with van der Waals surface area (Å²) in [4.78, 5) is 0. The highest BCUT2D eigenvalue weighted by molar-refractivity contribution is 14.1. The van der Waals surface area contributed by atoms with Gasteiger partial charge in [-0.25, -0.2) is 0 Å². The molecule has 0 amide bonds. The quantitative estimate of drug-likeness (QED) is 0.171. The maximum atomic E-state index is 10.1. The van der Waals surface area contributed by atoms with Crippen molar-refractivity contribution in [1.82, 2.24) is 0 Å². The van der Waals surface area contributed by atoms with Crippen molar-refractivity contribution >= 4 is 22.6 Å². The monoisotopic (exact) mass is 460 g/mol. The fourth-order valence-corrected chi connectivity index (χ4v) is 4.28. The minimum absolute atomic E-state index is 0.0390. The molecule has 0 aliphatic carbocycles. The number of hydrogen-bond acceptors (Lipinski definition) is 2. The van der Waals surface area contributed by atoms with Crippen LogP contribution in [0.1, 0.15) is 102 Å². The molecule has 0 spiro atoms. The van der Waals surface area contributed by atoms with Crippen molar-refractivity contribution in [3.05, 3.63) is 20.8 Å². The van der Waals surface area contributed by atoms with Gasteiger partial charge in [0.15, 0.2) is 11.5 Å². The second-order valence-corrected chi connectivity index (χ2v) is 8.31. The summed E-state index contributed by atoms with van der Waals surface area (Å²) in [6, 6.07) is 1.80. The average Bonchev–Trinajstić information content (AvgIpc) is 2.61. The van der Waals surface area contributed by atoms with Crippen molar-refractivity contribution in [1.29, 1.82) is 0 Å². The Kier molecular flexibility index (Phi) is 12.4. The van der Waals surface area contributed by atoms with Crippen molar-refractivity contribution < 1.29 is 10.2 Å². The maximum absolute atomic E-state index is 10.1. The Hall–Kier alpha value is -0.450. The second kappa shape index (κ2) is 13.7. The molecule has 0 aromatic heterocycles. The molecular weight excluding hydrogens is 423 g/mol. The molecule has 0 heterocycles. The molecule has 2 nitrogen and oxygen atoms in total. The molecule has 25 heavy (non-hydrogen) atoms. The van der Waals surface area contributed by atoms with E-state index in [4.69, 9.17) is 0 Å². The van der Waals surface area contributed by atoms with E-state index in [0.717, 1.165) is 16.4 Å². The van der Waals surface area contributed by atoms with Crippen LogP contribution in [0.15, 0.2) is 6.07 Å². The Balaban J connectivity index is 2.56. The molecule has 0 radical (unpaired) electrons. The number of hydrogen-bond donors (Lipinski definition) is 2. The summed E-state index contributed by atoms with van der Waals surface area (Å²) in [5.41, 5.74) is 2.50. The van der Waals surface area contributed by atoms with E-state index in [2.05, 4.69) is 36.4 Å². The van der Waals surface area contributed by atoms with Gasteiger partial charge in [-0.15, -0.1) is 0 Å². The van der Waals surface area contributed by atoms with Crippen molar-refractivity contribution in [2.45, 2.75) is 104 Å². The SMILES string of the molecule is CCCCCCCCc1cc(O)c(O)c(I)c1CCCCCCCC. The van der Waals surface area contributed by atoms with Gasteiger partial charge < -0.3 is 10.2 Å². The fraction of sp³-hybridized carbons (Fsp3) is 0.727. The summed E-state index contributed by atoms with van der Waals surface area (Å²) in [6.07, 6.45) is 17.4. The standard InChI is InChI=1S/C22H37IO2/c1-3-5-7-9-11-13-15-18-17-20(24)22(25)21(23)19(18)16-14-12-10-8-6-4-2/h17,24-25H,3-16H2,1-2H3. The molecule has 0 aliphatic rings. The molecule has 0 saturated carbocycles. The van der Waals surface area contributed by atoms with Gasteiger partial charge in [-0.2, -0.15) is 0 Å². The first-order chi connectivity index (χ1) is 12.1. The Morgan fingerprint density at radius 3 is 1.76 bits per heavy atom. The normalized spacial score (nSPS) is 11.2. The van der Waals surface area contributed by atoms with Crippen LogP contribution in [0.2, 0.25) is 0 Å². The number of phenols is 2. The van der Waals surface area contributed by atoms with Crippen LogP contribution in [0.25, 0.3) is 0 Å². The summed E-state index contributed by atoms with van der Waals surface area (Å²) in [5.74, 6) is 0.102. The van der Waals surface area contributed by atoms with Crippen molar-refractivity contribution in [3.63, 3.8) is 0 Å². The smallest absolute Gasteiger partial charge is 0.171 e. The van der Waals surface area contributed by atoms with Crippen LogP contribution in [0, 0.1) is 3.57 Å². The fourth-order valence-electron chi connectivity index (χ4n) is 3.39. The van der Waals surface area contributed by atoms with E-state index in [1.54, 1.807) is 6.07 Å². The minimum atomic E-state index is 0.0390. The molecule has 0 fully saturated rings. The highest BCUT2D eigenvalue weighted by Gasteiger charge is 2.15. The summed E-state index contributed by atoms with van der Waals surface area (Å²) in [5, 5.41) is 20.1. The largest absolute Gasteiger partial charge is 0.504 e. The van der Waals surface area contributed by atoms with Gasteiger partial charge >= 0.3 is 0 Å². The van der Waals surface area contributed by atoms with Gasteiger partial charge in [0.05, 0.1) is 3.57 Å². The number of aryl methyl sites for hydroxylation is 1. The van der Waals surface area contributed by atoms with E-state index < -0.39 is 0 Å². The first kappa shape index (κ1) is 22.6. The van der Waals surface area contributed by atoms with E-state index in [0.29, 0.717) is 0 Å². The molecule has 0 saturated heterocycles. The first-order valence-corrected chi connectivity index (χ1v) is 11.4. The van der Waals surface area contributed by atoms with E-state index in [9.17, 15) is 10.2 Å². The van der Waals surface area contributed by atoms with Gasteiger partial charge in [-0.3, -0.25) is 0 Å². The molecular formula is C22H37IO2.